The highest BCUT2D eigenvalue weighted by atomic mass is 16.6. The van der Waals surface area contributed by atoms with Crippen molar-refractivity contribution in [2.24, 2.45) is 0 Å². The normalized spacial score (nSPS) is 12.3. The molecule has 6 nitrogen and oxygen atoms in total. The summed E-state index contributed by atoms with van der Waals surface area (Å²) < 4.78 is 11.0. The number of rotatable bonds is 4. The van der Waals surface area contributed by atoms with Gasteiger partial charge in [0.15, 0.2) is 11.5 Å². The average molecular weight is 312 g/mol. The van der Waals surface area contributed by atoms with Gasteiger partial charge in [-0.25, -0.2) is 0 Å². The summed E-state index contributed by atoms with van der Waals surface area (Å²) >= 11 is 0. The summed E-state index contributed by atoms with van der Waals surface area (Å²) in [6, 6.07) is 11.7. The largest absolute Gasteiger partial charge is 0.507 e. The van der Waals surface area contributed by atoms with Crippen molar-refractivity contribution in [1.29, 1.82) is 0 Å². The highest BCUT2D eigenvalue weighted by Crippen LogP contribution is 2.32. The number of para-hydroxylation sites is 1. The molecule has 0 bridgehead atoms. The quantitative estimate of drug-likeness (QED) is 0.753. The lowest BCUT2D eigenvalue weighted by atomic mass is 10.1. The summed E-state index contributed by atoms with van der Waals surface area (Å²) in [7, 11) is 0. The molecule has 1 amide bonds. The fourth-order valence-corrected chi connectivity index (χ4v) is 2.17. The molecule has 1 heterocycles. The maximum Gasteiger partial charge on any atom is 0.273 e. The van der Waals surface area contributed by atoms with Gasteiger partial charge in [-0.1, -0.05) is 18.7 Å². The summed E-state index contributed by atoms with van der Waals surface area (Å²) in [5.74, 6) is 0.785. The van der Waals surface area contributed by atoms with Crippen LogP contribution in [-0.4, -0.2) is 24.2 Å². The van der Waals surface area contributed by atoms with Crippen LogP contribution < -0.4 is 20.3 Å². The van der Waals surface area contributed by atoms with Crippen molar-refractivity contribution >= 4 is 11.6 Å². The number of amides is 1. The zero-order valence-electron chi connectivity index (χ0n) is 12.3. The van der Waals surface area contributed by atoms with E-state index in [1.807, 2.05) is 6.07 Å². The Morgan fingerprint density at radius 2 is 1.78 bits per heavy atom. The fraction of sp³-hybridized carbons (Fsp3) is 0.118. The number of hydrogen-bond donors (Lipinski definition) is 3. The van der Waals surface area contributed by atoms with E-state index in [9.17, 15) is 9.90 Å². The van der Waals surface area contributed by atoms with Gasteiger partial charge in [0, 0.05) is 5.56 Å². The van der Waals surface area contributed by atoms with Gasteiger partial charge in [0.25, 0.3) is 5.91 Å². The third-order valence-electron chi connectivity index (χ3n) is 3.37. The molecule has 3 rings (SSSR count). The SMILES string of the molecule is C=C(NNC(=O)c1ccccc1O)c1ccc2c(c1)OCCO2. The van der Waals surface area contributed by atoms with E-state index < -0.39 is 5.91 Å². The Hall–Kier alpha value is -3.15. The number of hydrogen-bond acceptors (Lipinski definition) is 5. The van der Waals surface area contributed by atoms with Crippen LogP contribution >= 0.6 is 0 Å². The number of phenols is 1. The molecule has 1 aliphatic rings. The van der Waals surface area contributed by atoms with E-state index in [1.54, 1.807) is 24.3 Å². The highest BCUT2D eigenvalue weighted by Gasteiger charge is 2.14. The number of aromatic hydroxyl groups is 1. The first-order valence-electron chi connectivity index (χ1n) is 7.08. The van der Waals surface area contributed by atoms with E-state index >= 15 is 0 Å². The Morgan fingerprint density at radius 3 is 2.57 bits per heavy atom. The number of benzene rings is 2. The number of phenolic OH excluding ortho intramolecular Hbond substituents is 1. The summed E-state index contributed by atoms with van der Waals surface area (Å²) in [6.45, 7) is 4.91. The molecule has 0 atom stereocenters. The second-order valence-corrected chi connectivity index (χ2v) is 4.93. The predicted molar refractivity (Wildman–Crippen MR) is 85.2 cm³/mol. The number of hydrazine groups is 1. The van der Waals surface area contributed by atoms with Crippen LogP contribution in [0.25, 0.3) is 5.70 Å². The first-order chi connectivity index (χ1) is 11.1. The molecule has 1 aliphatic heterocycles. The number of ether oxygens (including phenoxy) is 2. The van der Waals surface area contributed by atoms with Crippen LogP contribution in [0.4, 0.5) is 0 Å². The smallest absolute Gasteiger partial charge is 0.273 e. The van der Waals surface area contributed by atoms with Gasteiger partial charge < -0.3 is 14.6 Å². The second-order valence-electron chi connectivity index (χ2n) is 4.93. The molecule has 118 valence electrons. The van der Waals surface area contributed by atoms with Crippen molar-refractivity contribution in [3.8, 4) is 17.2 Å². The van der Waals surface area contributed by atoms with E-state index in [0.29, 0.717) is 30.4 Å². The van der Waals surface area contributed by atoms with Crippen molar-refractivity contribution in [1.82, 2.24) is 10.9 Å². The topological polar surface area (TPSA) is 79.8 Å². The van der Waals surface area contributed by atoms with Gasteiger partial charge in [0.1, 0.15) is 19.0 Å². The molecule has 6 heteroatoms. The van der Waals surface area contributed by atoms with Crippen molar-refractivity contribution in [2.75, 3.05) is 13.2 Å². The zero-order chi connectivity index (χ0) is 16.2. The lowest BCUT2D eigenvalue weighted by molar-refractivity contribution is 0.0940. The van der Waals surface area contributed by atoms with Crippen LogP contribution in [0.3, 0.4) is 0 Å². The van der Waals surface area contributed by atoms with Crippen LogP contribution in [0.5, 0.6) is 17.2 Å². The minimum absolute atomic E-state index is 0.0864. The molecule has 0 radical (unpaired) electrons. The Bertz CT molecular complexity index is 758. The summed E-state index contributed by atoms with van der Waals surface area (Å²) in [5.41, 5.74) is 6.65. The Kier molecular flexibility index (Phi) is 4.05. The van der Waals surface area contributed by atoms with E-state index in [-0.39, 0.29) is 11.3 Å². The summed E-state index contributed by atoms with van der Waals surface area (Å²) in [4.78, 5) is 12.0. The van der Waals surface area contributed by atoms with Gasteiger partial charge in [0.2, 0.25) is 0 Å². The molecule has 0 saturated heterocycles. The molecule has 0 saturated carbocycles. The molecule has 3 N–H and O–H groups in total. The molecule has 2 aromatic carbocycles. The first-order valence-corrected chi connectivity index (χ1v) is 7.08. The third-order valence-corrected chi connectivity index (χ3v) is 3.37. The standard InChI is InChI=1S/C17H16N2O4/c1-11(12-6-7-15-16(10-12)23-9-8-22-15)18-19-17(21)13-4-2-3-5-14(13)20/h2-7,10,18,20H,1,8-9H2,(H,19,21). The minimum Gasteiger partial charge on any atom is -0.507 e. The molecule has 2 aromatic rings. The van der Waals surface area contributed by atoms with Gasteiger partial charge in [0.05, 0.1) is 11.3 Å². The fourth-order valence-electron chi connectivity index (χ4n) is 2.17. The maximum atomic E-state index is 12.0. The van der Waals surface area contributed by atoms with Crippen LogP contribution in [0.2, 0.25) is 0 Å². The van der Waals surface area contributed by atoms with E-state index in [0.717, 1.165) is 5.56 Å². The van der Waals surface area contributed by atoms with Gasteiger partial charge in [-0.2, -0.15) is 0 Å². The average Bonchev–Trinajstić information content (AvgIpc) is 2.59. The number of carbonyl (C=O) groups is 1. The zero-order valence-corrected chi connectivity index (χ0v) is 12.3. The van der Waals surface area contributed by atoms with Crippen molar-refractivity contribution < 1.29 is 19.4 Å². The predicted octanol–water partition coefficient (Wildman–Crippen LogP) is 2.07. The molecular weight excluding hydrogens is 296 g/mol. The van der Waals surface area contributed by atoms with Crippen molar-refractivity contribution in [3.63, 3.8) is 0 Å². The maximum absolute atomic E-state index is 12.0. The second kappa shape index (κ2) is 6.31. The summed E-state index contributed by atoms with van der Waals surface area (Å²) in [5, 5.41) is 9.65. The highest BCUT2D eigenvalue weighted by molar-refractivity contribution is 5.96. The Labute approximate surface area is 133 Å². The summed E-state index contributed by atoms with van der Waals surface area (Å²) in [6.07, 6.45) is 0. The molecule has 0 spiro atoms. The monoisotopic (exact) mass is 312 g/mol. The van der Waals surface area contributed by atoms with Crippen molar-refractivity contribution in [3.05, 3.63) is 60.2 Å². The van der Waals surface area contributed by atoms with Gasteiger partial charge in [-0.15, -0.1) is 0 Å². The number of fused-ring (bicyclic) bond motifs is 1. The lowest BCUT2D eigenvalue weighted by Crippen LogP contribution is -2.35. The molecular formula is C17H16N2O4. The minimum atomic E-state index is -0.457. The van der Waals surface area contributed by atoms with E-state index in [2.05, 4.69) is 17.4 Å². The molecule has 0 aliphatic carbocycles. The van der Waals surface area contributed by atoms with Crippen molar-refractivity contribution in [2.45, 2.75) is 0 Å². The van der Waals surface area contributed by atoms with Gasteiger partial charge in [-0.05, 0) is 30.3 Å². The number of carbonyl (C=O) groups excluding carboxylic acids is 1. The molecule has 0 aromatic heterocycles. The van der Waals surface area contributed by atoms with E-state index in [1.165, 1.54) is 12.1 Å². The Balaban J connectivity index is 1.66. The molecule has 0 fully saturated rings. The Morgan fingerprint density at radius 1 is 1.04 bits per heavy atom. The molecule has 0 unspecified atom stereocenters. The van der Waals surface area contributed by atoms with Crippen LogP contribution in [0.1, 0.15) is 15.9 Å². The lowest BCUT2D eigenvalue weighted by Gasteiger charge is -2.19. The van der Waals surface area contributed by atoms with E-state index in [4.69, 9.17) is 9.47 Å². The van der Waals surface area contributed by atoms with Gasteiger partial charge in [-0.3, -0.25) is 15.6 Å². The first kappa shape index (κ1) is 14.8. The van der Waals surface area contributed by atoms with Crippen LogP contribution in [-0.2, 0) is 0 Å². The van der Waals surface area contributed by atoms with Crippen LogP contribution in [0.15, 0.2) is 49.0 Å². The van der Waals surface area contributed by atoms with Gasteiger partial charge >= 0.3 is 0 Å². The van der Waals surface area contributed by atoms with Crippen LogP contribution in [0, 0.1) is 0 Å². The molecule has 23 heavy (non-hydrogen) atoms. The number of nitrogens with one attached hydrogen (secondary N) is 2. The third kappa shape index (κ3) is 3.21.